The normalized spacial score (nSPS) is 20.8. The van der Waals surface area contributed by atoms with Crippen LogP contribution in [0.4, 0.5) is 5.69 Å². The zero-order valence-electron chi connectivity index (χ0n) is 9.47. The van der Waals surface area contributed by atoms with E-state index in [2.05, 4.69) is 19.3 Å². The predicted molar refractivity (Wildman–Crippen MR) is 62.0 cm³/mol. The molecule has 0 bridgehead atoms. The van der Waals surface area contributed by atoms with Gasteiger partial charge in [0, 0.05) is 12.5 Å². The molecule has 2 N–H and O–H groups in total. The van der Waals surface area contributed by atoms with Crippen LogP contribution < -0.4 is 10.4 Å². The summed E-state index contributed by atoms with van der Waals surface area (Å²) in [5.74, 6) is 0.507. The summed E-state index contributed by atoms with van der Waals surface area (Å²) in [6, 6.07) is 6.98. The fraction of sp³-hybridized carbons (Fsp3) is 0.417. The molecule has 4 heteroatoms. The Morgan fingerprint density at radius 1 is 1.44 bits per heavy atom. The molecule has 1 unspecified atom stereocenters. The summed E-state index contributed by atoms with van der Waals surface area (Å²) in [4.78, 5) is 11.8. The number of phenols is 1. The molecule has 4 nitrogen and oxygen atoms in total. The molecule has 1 fully saturated rings. The number of phenolic OH excluding ortho intramolecular Hbond substituents is 1. The van der Waals surface area contributed by atoms with Crippen LogP contribution in [-0.4, -0.2) is 17.1 Å². The lowest BCUT2D eigenvalue weighted by atomic mass is 10.0. The topological polar surface area (TPSA) is 52.6 Å². The number of carbonyl (C=O) groups is 1. The molecule has 16 heavy (non-hydrogen) atoms. The second kappa shape index (κ2) is 4.14. The van der Waals surface area contributed by atoms with Crippen molar-refractivity contribution < 1.29 is 9.90 Å². The van der Waals surface area contributed by atoms with Crippen LogP contribution in [0.15, 0.2) is 24.3 Å². The van der Waals surface area contributed by atoms with Crippen LogP contribution in [0.3, 0.4) is 0 Å². The van der Waals surface area contributed by atoms with Crippen LogP contribution in [0.1, 0.15) is 20.3 Å². The van der Waals surface area contributed by atoms with Gasteiger partial charge in [0.25, 0.3) is 0 Å². The predicted octanol–water partition coefficient (Wildman–Crippen LogP) is 1.66. The highest BCUT2D eigenvalue weighted by Gasteiger charge is 2.32. The van der Waals surface area contributed by atoms with E-state index in [-0.39, 0.29) is 17.7 Å². The number of rotatable bonds is 2. The standard InChI is InChI=1S/C12H16N2O2/c1-8(2)9-7-12(16)14(13-9)10-5-3-4-6-11(10)15/h3-6,8-9,13,15H,7H2,1-2H3. The van der Waals surface area contributed by atoms with Gasteiger partial charge in [-0.3, -0.25) is 4.79 Å². The smallest absolute Gasteiger partial charge is 0.243 e. The van der Waals surface area contributed by atoms with Gasteiger partial charge in [0.1, 0.15) is 11.4 Å². The molecule has 1 aromatic rings. The number of anilines is 1. The number of benzene rings is 1. The van der Waals surface area contributed by atoms with E-state index in [9.17, 15) is 9.90 Å². The molecule has 1 heterocycles. The van der Waals surface area contributed by atoms with Gasteiger partial charge in [-0.1, -0.05) is 26.0 Å². The molecule has 1 amide bonds. The van der Waals surface area contributed by atoms with Crippen molar-refractivity contribution in [3.8, 4) is 5.75 Å². The Kier molecular flexibility index (Phi) is 2.83. The Morgan fingerprint density at radius 3 is 2.69 bits per heavy atom. The highest BCUT2D eigenvalue weighted by atomic mass is 16.3. The van der Waals surface area contributed by atoms with Crippen molar-refractivity contribution in [3.05, 3.63) is 24.3 Å². The number of para-hydroxylation sites is 2. The molecule has 1 aliphatic rings. The SMILES string of the molecule is CC(C)C1CC(=O)N(c2ccccc2O)N1. The second-order valence-electron chi connectivity index (χ2n) is 4.40. The Balaban J connectivity index is 2.24. The van der Waals surface area contributed by atoms with Crippen molar-refractivity contribution in [1.82, 2.24) is 5.43 Å². The zero-order valence-corrected chi connectivity index (χ0v) is 9.47. The van der Waals surface area contributed by atoms with Gasteiger partial charge in [0.15, 0.2) is 0 Å². The summed E-state index contributed by atoms with van der Waals surface area (Å²) in [6.45, 7) is 4.14. The molecule has 1 aromatic carbocycles. The summed E-state index contributed by atoms with van der Waals surface area (Å²) in [7, 11) is 0. The number of hydrazine groups is 1. The van der Waals surface area contributed by atoms with Crippen molar-refractivity contribution in [2.24, 2.45) is 5.92 Å². The number of aromatic hydroxyl groups is 1. The van der Waals surface area contributed by atoms with E-state index in [0.29, 0.717) is 18.0 Å². The molecule has 1 saturated heterocycles. The lowest BCUT2D eigenvalue weighted by molar-refractivity contribution is -0.117. The van der Waals surface area contributed by atoms with Crippen molar-refractivity contribution in [2.45, 2.75) is 26.3 Å². The number of nitrogens with one attached hydrogen (secondary N) is 1. The van der Waals surface area contributed by atoms with Gasteiger partial charge in [0.05, 0.1) is 0 Å². The lowest BCUT2D eigenvalue weighted by Crippen LogP contribution is -2.39. The number of hydrogen-bond acceptors (Lipinski definition) is 3. The van der Waals surface area contributed by atoms with E-state index in [1.54, 1.807) is 24.3 Å². The number of amides is 1. The molecule has 0 aliphatic carbocycles. The largest absolute Gasteiger partial charge is 0.506 e. The minimum absolute atomic E-state index is 0.000185. The molecule has 0 spiro atoms. The second-order valence-corrected chi connectivity index (χ2v) is 4.40. The maximum atomic E-state index is 11.8. The molecule has 1 atom stereocenters. The fourth-order valence-corrected chi connectivity index (χ4v) is 1.80. The summed E-state index contributed by atoms with van der Waals surface area (Å²) in [5.41, 5.74) is 3.64. The fourth-order valence-electron chi connectivity index (χ4n) is 1.80. The van der Waals surface area contributed by atoms with Gasteiger partial charge in [-0.25, -0.2) is 10.4 Å². The Bertz CT molecular complexity index is 404. The van der Waals surface area contributed by atoms with Gasteiger partial charge in [-0.15, -0.1) is 0 Å². The Hall–Kier alpha value is -1.55. The van der Waals surface area contributed by atoms with Crippen molar-refractivity contribution in [3.63, 3.8) is 0 Å². The average molecular weight is 220 g/mol. The van der Waals surface area contributed by atoms with Crippen LogP contribution in [0.5, 0.6) is 5.75 Å². The molecule has 1 aliphatic heterocycles. The highest BCUT2D eigenvalue weighted by molar-refractivity contribution is 5.96. The van der Waals surface area contributed by atoms with Crippen LogP contribution >= 0.6 is 0 Å². The zero-order chi connectivity index (χ0) is 11.7. The van der Waals surface area contributed by atoms with E-state index in [1.165, 1.54) is 5.01 Å². The van der Waals surface area contributed by atoms with E-state index in [4.69, 9.17) is 0 Å². The summed E-state index contributed by atoms with van der Waals surface area (Å²) in [5, 5.41) is 11.1. The van der Waals surface area contributed by atoms with Crippen molar-refractivity contribution in [2.75, 3.05) is 5.01 Å². The molecule has 0 radical (unpaired) electrons. The third-order valence-electron chi connectivity index (χ3n) is 2.87. The van der Waals surface area contributed by atoms with Gasteiger partial charge in [0.2, 0.25) is 5.91 Å². The Morgan fingerprint density at radius 2 is 2.12 bits per heavy atom. The minimum Gasteiger partial charge on any atom is -0.506 e. The Labute approximate surface area is 94.9 Å². The van der Waals surface area contributed by atoms with E-state index < -0.39 is 0 Å². The van der Waals surface area contributed by atoms with Gasteiger partial charge < -0.3 is 5.11 Å². The van der Waals surface area contributed by atoms with Gasteiger partial charge in [-0.2, -0.15) is 0 Å². The monoisotopic (exact) mass is 220 g/mol. The van der Waals surface area contributed by atoms with Crippen LogP contribution in [0.2, 0.25) is 0 Å². The summed E-state index contributed by atoms with van der Waals surface area (Å²) < 4.78 is 0. The van der Waals surface area contributed by atoms with Crippen molar-refractivity contribution >= 4 is 11.6 Å². The maximum absolute atomic E-state index is 11.8. The van der Waals surface area contributed by atoms with E-state index in [0.717, 1.165) is 0 Å². The number of carbonyl (C=O) groups excluding carboxylic acids is 1. The van der Waals surface area contributed by atoms with Gasteiger partial charge >= 0.3 is 0 Å². The van der Waals surface area contributed by atoms with Crippen LogP contribution in [0, 0.1) is 5.92 Å². The molecule has 0 aromatic heterocycles. The third kappa shape index (κ3) is 1.88. The first-order valence-corrected chi connectivity index (χ1v) is 5.46. The average Bonchev–Trinajstić information content (AvgIpc) is 2.61. The maximum Gasteiger partial charge on any atom is 0.243 e. The quantitative estimate of drug-likeness (QED) is 0.797. The third-order valence-corrected chi connectivity index (χ3v) is 2.87. The van der Waals surface area contributed by atoms with Crippen LogP contribution in [-0.2, 0) is 4.79 Å². The van der Waals surface area contributed by atoms with E-state index >= 15 is 0 Å². The van der Waals surface area contributed by atoms with Crippen LogP contribution in [0.25, 0.3) is 0 Å². The number of nitrogens with zero attached hydrogens (tertiary/aromatic N) is 1. The number of hydrogen-bond donors (Lipinski definition) is 2. The summed E-state index contributed by atoms with van der Waals surface area (Å²) in [6.07, 6.45) is 0.478. The molecule has 0 saturated carbocycles. The molecular formula is C12H16N2O2. The minimum atomic E-state index is 0.000185. The highest BCUT2D eigenvalue weighted by Crippen LogP contribution is 2.29. The molecule has 86 valence electrons. The summed E-state index contributed by atoms with van der Waals surface area (Å²) >= 11 is 0. The molecular weight excluding hydrogens is 204 g/mol. The first-order valence-electron chi connectivity index (χ1n) is 5.46. The van der Waals surface area contributed by atoms with Crippen molar-refractivity contribution in [1.29, 1.82) is 0 Å². The lowest BCUT2D eigenvalue weighted by Gasteiger charge is -2.20. The first kappa shape index (κ1) is 11.0. The van der Waals surface area contributed by atoms with Gasteiger partial charge in [-0.05, 0) is 18.1 Å². The first-order chi connectivity index (χ1) is 7.59. The molecule has 2 rings (SSSR count). The van der Waals surface area contributed by atoms with E-state index in [1.807, 2.05) is 0 Å².